The number of nitrogens with zero attached hydrogens (tertiary/aromatic N) is 3. The van der Waals surface area contributed by atoms with Gasteiger partial charge in [0.05, 0.1) is 5.41 Å². The molecule has 0 aromatic carbocycles. The highest BCUT2D eigenvalue weighted by molar-refractivity contribution is 5.86. The lowest BCUT2D eigenvalue weighted by Gasteiger charge is -2.39. The number of carbonyl (C=O) groups excluding carboxylic acids is 2. The minimum absolute atomic E-state index is 0.155. The van der Waals surface area contributed by atoms with Crippen molar-refractivity contribution in [2.24, 2.45) is 5.41 Å². The summed E-state index contributed by atoms with van der Waals surface area (Å²) in [6.45, 7) is 2.70. The van der Waals surface area contributed by atoms with Crippen molar-refractivity contribution in [3.63, 3.8) is 0 Å². The molecule has 0 radical (unpaired) electrons. The Hall–Kier alpha value is -2.63. The highest BCUT2D eigenvalue weighted by Crippen LogP contribution is 2.40. The number of pyridine rings is 1. The summed E-state index contributed by atoms with van der Waals surface area (Å²) < 4.78 is 0. The first kappa shape index (κ1) is 17.8. The normalized spacial score (nSPS) is 22.6. The molecule has 0 saturated carbocycles. The molecule has 0 bridgehead atoms. The SMILES string of the molecule is O=C(CCc1ccc[nH]1)N1CCCC2(CCN(Cc3cccnc3)C2=O)C1. The first-order valence-electron chi connectivity index (χ1n) is 9.75. The number of aromatic amines is 1. The van der Waals surface area contributed by atoms with Crippen LogP contribution in [0, 0.1) is 5.41 Å². The van der Waals surface area contributed by atoms with Gasteiger partial charge in [-0.2, -0.15) is 0 Å². The molecule has 1 N–H and O–H groups in total. The zero-order valence-electron chi connectivity index (χ0n) is 15.6. The van der Waals surface area contributed by atoms with Crippen LogP contribution in [-0.2, 0) is 22.6 Å². The van der Waals surface area contributed by atoms with Crippen molar-refractivity contribution in [3.05, 3.63) is 54.1 Å². The quantitative estimate of drug-likeness (QED) is 0.883. The van der Waals surface area contributed by atoms with Crippen molar-refractivity contribution in [3.8, 4) is 0 Å². The lowest BCUT2D eigenvalue weighted by molar-refractivity contribution is -0.143. The number of hydrogen-bond acceptors (Lipinski definition) is 3. The predicted octanol–water partition coefficient (Wildman–Crippen LogP) is 2.38. The van der Waals surface area contributed by atoms with Gasteiger partial charge < -0.3 is 14.8 Å². The lowest BCUT2D eigenvalue weighted by atomic mass is 9.78. The van der Waals surface area contributed by atoms with Crippen molar-refractivity contribution in [2.75, 3.05) is 19.6 Å². The van der Waals surface area contributed by atoms with E-state index in [9.17, 15) is 9.59 Å². The largest absolute Gasteiger partial charge is 0.365 e. The molecule has 0 aliphatic carbocycles. The van der Waals surface area contributed by atoms with Crippen LogP contribution >= 0.6 is 0 Å². The zero-order valence-corrected chi connectivity index (χ0v) is 15.6. The Morgan fingerprint density at radius 3 is 2.93 bits per heavy atom. The topological polar surface area (TPSA) is 69.3 Å². The van der Waals surface area contributed by atoms with Crippen molar-refractivity contribution >= 4 is 11.8 Å². The number of hydrogen-bond donors (Lipinski definition) is 1. The Bertz CT molecular complexity index is 790. The fourth-order valence-electron chi connectivity index (χ4n) is 4.40. The van der Waals surface area contributed by atoms with Gasteiger partial charge in [0.1, 0.15) is 0 Å². The second-order valence-electron chi connectivity index (χ2n) is 7.73. The molecule has 2 fully saturated rings. The average molecular weight is 366 g/mol. The van der Waals surface area contributed by atoms with Gasteiger partial charge in [0.2, 0.25) is 11.8 Å². The summed E-state index contributed by atoms with van der Waals surface area (Å²) in [5, 5.41) is 0. The maximum absolute atomic E-state index is 13.2. The maximum atomic E-state index is 13.2. The molecule has 27 heavy (non-hydrogen) atoms. The van der Waals surface area contributed by atoms with Crippen molar-refractivity contribution in [1.82, 2.24) is 19.8 Å². The summed E-state index contributed by atoms with van der Waals surface area (Å²) >= 11 is 0. The van der Waals surface area contributed by atoms with E-state index in [1.165, 1.54) is 0 Å². The molecule has 6 heteroatoms. The van der Waals surface area contributed by atoms with Gasteiger partial charge in [-0.1, -0.05) is 6.07 Å². The second-order valence-corrected chi connectivity index (χ2v) is 7.73. The van der Waals surface area contributed by atoms with Gasteiger partial charge >= 0.3 is 0 Å². The van der Waals surface area contributed by atoms with E-state index in [-0.39, 0.29) is 17.2 Å². The fourth-order valence-corrected chi connectivity index (χ4v) is 4.40. The number of amides is 2. The van der Waals surface area contributed by atoms with Crippen LogP contribution in [0.1, 0.15) is 36.9 Å². The highest BCUT2D eigenvalue weighted by Gasteiger charge is 2.49. The Morgan fingerprint density at radius 2 is 2.15 bits per heavy atom. The first-order chi connectivity index (χ1) is 13.2. The fraction of sp³-hybridized carbons (Fsp3) is 0.476. The van der Waals surface area contributed by atoms with Gasteiger partial charge in [0.15, 0.2) is 0 Å². The summed E-state index contributed by atoms with van der Waals surface area (Å²) in [6.07, 6.45) is 9.28. The molecule has 6 nitrogen and oxygen atoms in total. The smallest absolute Gasteiger partial charge is 0.230 e. The van der Waals surface area contributed by atoms with Gasteiger partial charge in [0.25, 0.3) is 0 Å². The molecule has 4 heterocycles. The number of rotatable bonds is 5. The van der Waals surface area contributed by atoms with E-state index < -0.39 is 0 Å². The third-order valence-corrected chi connectivity index (χ3v) is 5.90. The van der Waals surface area contributed by atoms with Crippen LogP contribution in [0.15, 0.2) is 42.9 Å². The van der Waals surface area contributed by atoms with Gasteiger partial charge in [-0.05, 0) is 49.4 Å². The van der Waals surface area contributed by atoms with E-state index in [1.54, 1.807) is 6.20 Å². The van der Waals surface area contributed by atoms with Crippen LogP contribution in [0.2, 0.25) is 0 Å². The van der Waals surface area contributed by atoms with Gasteiger partial charge in [-0.25, -0.2) is 0 Å². The van der Waals surface area contributed by atoms with Crippen LogP contribution in [0.25, 0.3) is 0 Å². The van der Waals surface area contributed by atoms with Crippen LogP contribution in [0.5, 0.6) is 0 Å². The molecule has 4 rings (SSSR count). The minimum atomic E-state index is -0.386. The van der Waals surface area contributed by atoms with Gasteiger partial charge in [-0.15, -0.1) is 0 Å². The molecule has 2 aliphatic heterocycles. The van der Waals surface area contributed by atoms with E-state index in [4.69, 9.17) is 0 Å². The summed E-state index contributed by atoms with van der Waals surface area (Å²) in [5.41, 5.74) is 1.75. The number of carbonyl (C=O) groups is 2. The Kier molecular flexibility index (Phi) is 4.97. The molecule has 1 spiro atoms. The van der Waals surface area contributed by atoms with Crippen LogP contribution in [-0.4, -0.2) is 51.2 Å². The number of piperidine rings is 1. The number of aromatic nitrogens is 2. The molecule has 1 atom stereocenters. The molecular weight excluding hydrogens is 340 g/mol. The second kappa shape index (κ2) is 7.55. The molecule has 2 aromatic heterocycles. The number of likely N-dealkylation sites (tertiary alicyclic amines) is 2. The molecule has 2 aromatic rings. The van der Waals surface area contributed by atoms with Gasteiger partial charge in [0, 0.05) is 56.9 Å². The Morgan fingerprint density at radius 1 is 1.22 bits per heavy atom. The first-order valence-corrected chi connectivity index (χ1v) is 9.75. The summed E-state index contributed by atoms with van der Waals surface area (Å²) in [5.74, 6) is 0.357. The van der Waals surface area contributed by atoms with E-state index >= 15 is 0 Å². The highest BCUT2D eigenvalue weighted by atomic mass is 16.2. The average Bonchev–Trinajstić information content (AvgIpc) is 3.32. The number of H-pyrrole nitrogens is 1. The molecular formula is C21H26N4O2. The number of nitrogens with one attached hydrogen (secondary N) is 1. The van der Waals surface area contributed by atoms with Crippen molar-refractivity contribution in [1.29, 1.82) is 0 Å². The van der Waals surface area contributed by atoms with Crippen molar-refractivity contribution < 1.29 is 9.59 Å². The number of aryl methyl sites for hydroxylation is 1. The van der Waals surface area contributed by atoms with Crippen LogP contribution in [0.4, 0.5) is 0 Å². The standard InChI is InChI=1S/C21H26N4O2/c26-19(7-6-18-5-2-11-23-18)25-12-3-8-21(16-25)9-13-24(20(21)27)15-17-4-1-10-22-14-17/h1-2,4-5,10-11,14,23H,3,6-9,12-13,15-16H2. The summed E-state index contributed by atoms with van der Waals surface area (Å²) in [7, 11) is 0. The van der Waals surface area contributed by atoms with Crippen LogP contribution < -0.4 is 0 Å². The monoisotopic (exact) mass is 366 g/mol. The minimum Gasteiger partial charge on any atom is -0.365 e. The predicted molar refractivity (Wildman–Crippen MR) is 102 cm³/mol. The van der Waals surface area contributed by atoms with E-state index in [0.29, 0.717) is 19.5 Å². The van der Waals surface area contributed by atoms with Crippen molar-refractivity contribution in [2.45, 2.75) is 38.6 Å². The third kappa shape index (κ3) is 3.75. The molecule has 2 saturated heterocycles. The lowest BCUT2D eigenvalue weighted by Crippen LogP contribution is -2.49. The Labute approximate surface area is 159 Å². The van der Waals surface area contributed by atoms with E-state index in [1.807, 2.05) is 46.5 Å². The van der Waals surface area contributed by atoms with Gasteiger partial charge in [-0.3, -0.25) is 14.6 Å². The Balaban J connectivity index is 1.38. The molecule has 1 unspecified atom stereocenters. The van der Waals surface area contributed by atoms with Crippen LogP contribution in [0.3, 0.4) is 0 Å². The molecule has 142 valence electrons. The maximum Gasteiger partial charge on any atom is 0.230 e. The summed E-state index contributed by atoms with van der Waals surface area (Å²) in [6, 6.07) is 7.85. The zero-order chi connectivity index (χ0) is 18.7. The molecule has 2 amide bonds. The third-order valence-electron chi connectivity index (χ3n) is 5.90. The van der Waals surface area contributed by atoms with E-state index in [2.05, 4.69) is 9.97 Å². The molecule has 2 aliphatic rings. The van der Waals surface area contributed by atoms with E-state index in [0.717, 1.165) is 50.0 Å². The summed E-state index contributed by atoms with van der Waals surface area (Å²) in [4.78, 5) is 37.0.